The zero-order valence-electron chi connectivity index (χ0n) is 11.9. The lowest BCUT2D eigenvalue weighted by molar-refractivity contribution is 0.986. The molecule has 0 unspecified atom stereocenters. The molecule has 1 aromatic rings. The molecular weight excluding hydrogens is 221 g/mol. The normalized spacial score (nSPS) is 10.4. The second-order valence-corrected chi connectivity index (χ2v) is 8.47. The number of rotatable bonds is 7. The van der Waals surface area contributed by atoms with Crippen molar-refractivity contribution in [1.29, 1.82) is 0 Å². The Bertz CT molecular complexity index is 316. The summed E-state index contributed by atoms with van der Waals surface area (Å²) in [4.78, 5) is 2.25. The third-order valence-corrected chi connectivity index (χ3v) is 7.18. The minimum absolute atomic E-state index is 0.556. The smallest absolute Gasteiger partial charge is 0.267 e. The number of hydrogen-bond acceptors (Lipinski definition) is 1. The summed E-state index contributed by atoms with van der Waals surface area (Å²) in [5.74, 6) is 0. The highest BCUT2D eigenvalue weighted by molar-refractivity contribution is 6.58. The van der Waals surface area contributed by atoms with Crippen LogP contribution in [0.1, 0.15) is 32.3 Å². The second-order valence-electron chi connectivity index (χ2n) is 5.17. The third kappa shape index (κ3) is 4.74. The Balaban J connectivity index is 2.77. The zero-order valence-corrected chi connectivity index (χ0v) is 13.0. The van der Waals surface area contributed by atoms with Gasteiger partial charge in [0.05, 0.1) is 0 Å². The van der Waals surface area contributed by atoms with Gasteiger partial charge in [-0.05, 0) is 11.6 Å². The van der Waals surface area contributed by atoms with Gasteiger partial charge in [-0.2, -0.15) is 0 Å². The van der Waals surface area contributed by atoms with Gasteiger partial charge in [-0.25, -0.2) is 0 Å². The quantitative estimate of drug-likeness (QED) is 0.654. The van der Waals surface area contributed by atoms with Crippen molar-refractivity contribution >= 4 is 19.8 Å². The first kappa shape index (κ1) is 14.6. The average molecular weight is 247 g/mol. The van der Waals surface area contributed by atoms with E-state index in [1.165, 1.54) is 34.4 Å². The van der Waals surface area contributed by atoms with Gasteiger partial charge in [-0.15, -0.1) is 0 Å². The monoisotopic (exact) mass is 247 g/mol. The van der Waals surface area contributed by atoms with Gasteiger partial charge in [0.1, 0.15) is 0 Å². The molecule has 0 saturated carbocycles. The molecular formula is C15H26AlN. The van der Waals surface area contributed by atoms with Crippen LogP contribution < -0.4 is 4.90 Å². The average Bonchev–Trinajstić information content (AvgIpc) is 2.30. The fourth-order valence-corrected chi connectivity index (χ4v) is 5.89. The van der Waals surface area contributed by atoms with E-state index < -0.39 is 14.1 Å². The van der Waals surface area contributed by atoms with E-state index in [-0.39, 0.29) is 0 Å². The Morgan fingerprint density at radius 1 is 1.00 bits per heavy atom. The number of benzene rings is 1. The number of nitrogens with zero attached hydrogens (tertiary/aromatic N) is 1. The Morgan fingerprint density at radius 3 is 2.12 bits per heavy atom. The molecule has 2 heteroatoms. The van der Waals surface area contributed by atoms with Gasteiger partial charge in [-0.1, -0.05) is 60.7 Å². The van der Waals surface area contributed by atoms with Crippen molar-refractivity contribution in [3.63, 3.8) is 0 Å². The molecule has 0 saturated heterocycles. The first-order valence-corrected chi connectivity index (χ1v) is 9.39. The fourth-order valence-electron chi connectivity index (χ4n) is 2.60. The zero-order chi connectivity index (χ0) is 12.7. The van der Waals surface area contributed by atoms with Crippen LogP contribution in [-0.2, 0) is 5.28 Å². The van der Waals surface area contributed by atoms with Crippen molar-refractivity contribution in [3.05, 3.63) is 29.8 Å². The molecule has 0 spiro atoms. The molecule has 1 nitrogen and oxygen atoms in total. The second kappa shape index (κ2) is 7.80. The molecule has 0 aliphatic rings. The van der Waals surface area contributed by atoms with Crippen molar-refractivity contribution in [2.45, 2.75) is 42.5 Å². The highest BCUT2D eigenvalue weighted by Crippen LogP contribution is 2.21. The van der Waals surface area contributed by atoms with E-state index in [4.69, 9.17) is 0 Å². The number of hydrogen-bond donors (Lipinski definition) is 0. The standard InChI is InChI=1S/C9H12N.2C3H7.Al/c1-8-6-4-5-7-9(8)10(2)3;2*1-3-2;/h4-7H,1H2,2-3H3;2*1,3H2,2H3;. The summed E-state index contributed by atoms with van der Waals surface area (Å²) in [6.45, 7) is 4.65. The molecule has 0 bridgehead atoms. The summed E-state index contributed by atoms with van der Waals surface area (Å²) in [6.07, 6.45) is 2.72. The van der Waals surface area contributed by atoms with E-state index in [2.05, 4.69) is 57.1 Å². The summed E-state index contributed by atoms with van der Waals surface area (Å²) in [5, 5.41) is 4.36. The van der Waals surface area contributed by atoms with Gasteiger partial charge in [0.2, 0.25) is 0 Å². The van der Waals surface area contributed by atoms with E-state index in [1.807, 2.05) is 0 Å². The van der Waals surface area contributed by atoms with E-state index in [0.29, 0.717) is 0 Å². The molecule has 1 rings (SSSR count). The van der Waals surface area contributed by atoms with Gasteiger partial charge in [0, 0.05) is 19.8 Å². The summed E-state index contributed by atoms with van der Waals surface area (Å²) in [6, 6.07) is 8.90. The van der Waals surface area contributed by atoms with Crippen molar-refractivity contribution in [2.75, 3.05) is 19.0 Å². The van der Waals surface area contributed by atoms with Crippen molar-refractivity contribution in [2.24, 2.45) is 0 Å². The van der Waals surface area contributed by atoms with Crippen molar-refractivity contribution in [3.8, 4) is 0 Å². The molecule has 94 valence electrons. The topological polar surface area (TPSA) is 3.24 Å². The van der Waals surface area contributed by atoms with Crippen LogP contribution in [0.5, 0.6) is 0 Å². The maximum absolute atomic E-state index is 2.33. The molecule has 0 amide bonds. The first-order valence-electron chi connectivity index (χ1n) is 6.94. The summed E-state index contributed by atoms with van der Waals surface area (Å²) >= 11 is -0.556. The summed E-state index contributed by atoms with van der Waals surface area (Å²) < 4.78 is 0. The minimum atomic E-state index is -0.556. The molecule has 17 heavy (non-hydrogen) atoms. The Kier molecular flexibility index (Phi) is 6.70. The first-order chi connectivity index (χ1) is 8.19. The lowest BCUT2D eigenvalue weighted by Crippen LogP contribution is -2.19. The number of anilines is 1. The maximum Gasteiger partial charge on any atom is 0.267 e. The minimum Gasteiger partial charge on any atom is -0.377 e. The predicted molar refractivity (Wildman–Crippen MR) is 80.4 cm³/mol. The fraction of sp³-hybridized carbons (Fsp3) is 0.600. The summed E-state index contributed by atoms with van der Waals surface area (Å²) in [5.41, 5.74) is 2.98. The highest BCUT2D eigenvalue weighted by Gasteiger charge is 2.17. The SMILES string of the molecule is CC[CH2][Al]([CH2]CC)[CH2]c1ccccc1N(C)C. The Morgan fingerprint density at radius 2 is 1.59 bits per heavy atom. The van der Waals surface area contributed by atoms with Crippen LogP contribution in [-0.4, -0.2) is 28.2 Å². The maximum atomic E-state index is 2.33. The van der Waals surface area contributed by atoms with E-state index in [1.54, 1.807) is 5.56 Å². The lowest BCUT2D eigenvalue weighted by atomic mass is 10.2. The molecule has 0 aliphatic carbocycles. The van der Waals surface area contributed by atoms with Crippen LogP contribution in [0.3, 0.4) is 0 Å². The van der Waals surface area contributed by atoms with Gasteiger partial charge < -0.3 is 4.90 Å². The van der Waals surface area contributed by atoms with Gasteiger partial charge in [0.15, 0.2) is 0 Å². The van der Waals surface area contributed by atoms with Crippen LogP contribution in [0.2, 0.25) is 10.6 Å². The molecule has 0 aliphatic heterocycles. The predicted octanol–water partition coefficient (Wildman–Crippen LogP) is 4.15. The number of para-hydroxylation sites is 1. The van der Waals surface area contributed by atoms with Crippen LogP contribution in [0.25, 0.3) is 0 Å². The lowest BCUT2D eigenvalue weighted by Gasteiger charge is -2.19. The van der Waals surface area contributed by atoms with Crippen molar-refractivity contribution in [1.82, 2.24) is 0 Å². The summed E-state index contributed by atoms with van der Waals surface area (Å²) in [7, 11) is 4.30. The molecule has 0 N–H and O–H groups in total. The third-order valence-electron chi connectivity index (χ3n) is 3.38. The van der Waals surface area contributed by atoms with Gasteiger partial charge >= 0.3 is 0 Å². The molecule has 0 fully saturated rings. The van der Waals surface area contributed by atoms with Crippen molar-refractivity contribution < 1.29 is 0 Å². The molecule has 0 radical (unpaired) electrons. The van der Waals surface area contributed by atoms with Crippen LogP contribution in [0.15, 0.2) is 24.3 Å². The Hall–Kier alpha value is -0.448. The van der Waals surface area contributed by atoms with E-state index >= 15 is 0 Å². The van der Waals surface area contributed by atoms with Gasteiger partial charge in [0.25, 0.3) is 14.1 Å². The largest absolute Gasteiger partial charge is 0.377 e. The molecule has 1 aromatic carbocycles. The van der Waals surface area contributed by atoms with E-state index in [9.17, 15) is 0 Å². The van der Waals surface area contributed by atoms with Crippen LogP contribution >= 0.6 is 0 Å². The van der Waals surface area contributed by atoms with E-state index in [0.717, 1.165) is 0 Å². The molecule has 0 atom stereocenters. The Labute approximate surface area is 111 Å². The van der Waals surface area contributed by atoms with Crippen LogP contribution in [0, 0.1) is 0 Å². The van der Waals surface area contributed by atoms with Gasteiger partial charge in [-0.3, -0.25) is 0 Å². The van der Waals surface area contributed by atoms with Crippen LogP contribution in [0.4, 0.5) is 5.69 Å². The highest BCUT2D eigenvalue weighted by atomic mass is 27.2. The molecule has 0 heterocycles. The molecule has 0 aromatic heterocycles.